The van der Waals surface area contributed by atoms with Crippen molar-refractivity contribution in [2.24, 2.45) is 0 Å². The van der Waals surface area contributed by atoms with E-state index in [0.29, 0.717) is 10.7 Å². The molecule has 1 aliphatic carbocycles. The monoisotopic (exact) mass is 277 g/mol. The zero-order valence-corrected chi connectivity index (χ0v) is 11.4. The van der Waals surface area contributed by atoms with Gasteiger partial charge in [-0.2, -0.15) is 0 Å². The maximum Gasteiger partial charge on any atom is 0.251 e. The van der Waals surface area contributed by atoms with E-state index in [1.54, 1.807) is 13.2 Å². The topological polar surface area (TPSA) is 77.2 Å². The molecule has 1 aliphatic rings. The molecule has 0 atom stereocenters. The summed E-state index contributed by atoms with van der Waals surface area (Å²) >= 11 is 1.39. The van der Waals surface area contributed by atoms with Gasteiger partial charge in [0.15, 0.2) is 5.13 Å². The van der Waals surface area contributed by atoms with Gasteiger partial charge in [-0.1, -0.05) is 11.3 Å². The number of methoxy groups -OCH3 is 1. The zero-order valence-electron chi connectivity index (χ0n) is 10.6. The molecule has 1 saturated carbocycles. The number of aromatic nitrogens is 1. The van der Waals surface area contributed by atoms with E-state index in [4.69, 9.17) is 10.5 Å². The van der Waals surface area contributed by atoms with E-state index >= 15 is 0 Å². The third-order valence-corrected chi connectivity index (χ3v) is 4.28. The van der Waals surface area contributed by atoms with Crippen LogP contribution in [0.25, 0.3) is 10.2 Å². The average molecular weight is 277 g/mol. The predicted octanol–water partition coefficient (Wildman–Crippen LogP) is 1.79. The average Bonchev–Trinajstić information content (AvgIpc) is 2.71. The summed E-state index contributed by atoms with van der Waals surface area (Å²) in [5.74, 6) is -0.0478. The van der Waals surface area contributed by atoms with Gasteiger partial charge in [-0.3, -0.25) is 4.79 Å². The number of ether oxygens (including phenoxy) is 1. The van der Waals surface area contributed by atoms with Gasteiger partial charge >= 0.3 is 0 Å². The highest BCUT2D eigenvalue weighted by Crippen LogP contribution is 2.26. The number of hydrogen-bond acceptors (Lipinski definition) is 5. The van der Waals surface area contributed by atoms with Crippen LogP contribution in [0.4, 0.5) is 5.13 Å². The first-order valence-corrected chi connectivity index (χ1v) is 6.97. The predicted molar refractivity (Wildman–Crippen MR) is 75.3 cm³/mol. The van der Waals surface area contributed by atoms with Gasteiger partial charge < -0.3 is 15.8 Å². The molecule has 2 aromatic rings. The highest BCUT2D eigenvalue weighted by Gasteiger charge is 2.30. The number of hydrogen-bond donors (Lipinski definition) is 2. The maximum atomic E-state index is 12.1. The van der Waals surface area contributed by atoms with Gasteiger partial charge in [-0.25, -0.2) is 4.98 Å². The van der Waals surface area contributed by atoms with Crippen molar-refractivity contribution < 1.29 is 9.53 Å². The van der Waals surface area contributed by atoms with Crippen LogP contribution in [0.15, 0.2) is 18.2 Å². The van der Waals surface area contributed by atoms with Crippen LogP contribution < -0.4 is 11.1 Å². The first kappa shape index (κ1) is 12.4. The van der Waals surface area contributed by atoms with Gasteiger partial charge in [0.1, 0.15) is 0 Å². The highest BCUT2D eigenvalue weighted by atomic mass is 32.1. The number of nitrogens with two attached hydrogens (primary N) is 1. The zero-order chi connectivity index (χ0) is 13.4. The minimum absolute atomic E-state index is 0.0478. The third-order valence-electron chi connectivity index (χ3n) is 3.43. The van der Waals surface area contributed by atoms with Crippen LogP contribution in [0.2, 0.25) is 0 Å². The molecule has 19 heavy (non-hydrogen) atoms. The van der Waals surface area contributed by atoms with Crippen molar-refractivity contribution in [1.29, 1.82) is 0 Å². The van der Waals surface area contributed by atoms with Crippen LogP contribution >= 0.6 is 11.3 Å². The van der Waals surface area contributed by atoms with Crippen molar-refractivity contribution in [2.45, 2.75) is 25.0 Å². The van der Waals surface area contributed by atoms with Crippen LogP contribution in [0.1, 0.15) is 23.2 Å². The Kier molecular flexibility index (Phi) is 3.12. The first-order chi connectivity index (χ1) is 9.15. The van der Waals surface area contributed by atoms with E-state index in [9.17, 15) is 4.79 Å². The lowest BCUT2D eigenvalue weighted by Crippen LogP contribution is -2.47. The number of fused-ring (bicyclic) bond motifs is 1. The van der Waals surface area contributed by atoms with E-state index in [-0.39, 0.29) is 18.1 Å². The van der Waals surface area contributed by atoms with Gasteiger partial charge in [-0.15, -0.1) is 0 Å². The smallest absolute Gasteiger partial charge is 0.251 e. The first-order valence-electron chi connectivity index (χ1n) is 6.15. The normalized spacial score (nSPS) is 22.2. The van der Waals surface area contributed by atoms with Crippen LogP contribution in [-0.4, -0.2) is 30.1 Å². The molecule has 0 bridgehead atoms. The Morgan fingerprint density at radius 1 is 1.53 bits per heavy atom. The number of carbonyl (C=O) groups excluding carboxylic acids is 1. The number of nitrogens with zero attached hydrogens (tertiary/aromatic N) is 1. The van der Waals surface area contributed by atoms with Gasteiger partial charge in [0.25, 0.3) is 5.91 Å². The molecule has 1 aromatic heterocycles. The van der Waals surface area contributed by atoms with E-state index in [0.717, 1.165) is 23.1 Å². The van der Waals surface area contributed by atoms with Gasteiger partial charge in [-0.05, 0) is 31.0 Å². The SMILES string of the molecule is COC1CC(NC(=O)c2ccc3nc(N)sc3c2)C1. The lowest BCUT2D eigenvalue weighted by molar-refractivity contribution is 0.0176. The lowest BCUT2D eigenvalue weighted by Gasteiger charge is -2.34. The summed E-state index contributed by atoms with van der Waals surface area (Å²) < 4.78 is 6.13. The fraction of sp³-hybridized carbons (Fsp3) is 0.385. The summed E-state index contributed by atoms with van der Waals surface area (Å²) in [6.07, 6.45) is 2.06. The summed E-state index contributed by atoms with van der Waals surface area (Å²) in [5, 5.41) is 3.53. The molecule has 3 N–H and O–H groups in total. The standard InChI is InChI=1S/C13H15N3O2S/c1-18-9-5-8(6-9)15-12(17)7-2-3-10-11(4-7)19-13(14)16-10/h2-4,8-9H,5-6H2,1H3,(H2,14,16)(H,15,17). The molecule has 1 amide bonds. The quantitative estimate of drug-likeness (QED) is 0.896. The van der Waals surface area contributed by atoms with E-state index in [2.05, 4.69) is 10.3 Å². The second kappa shape index (κ2) is 4.79. The van der Waals surface area contributed by atoms with Crippen molar-refractivity contribution >= 4 is 32.6 Å². The number of nitrogen functional groups attached to an aromatic ring is 1. The minimum atomic E-state index is -0.0478. The van der Waals surface area contributed by atoms with E-state index in [1.165, 1.54) is 11.3 Å². The number of nitrogens with one attached hydrogen (secondary N) is 1. The maximum absolute atomic E-state index is 12.1. The Balaban J connectivity index is 1.71. The van der Waals surface area contributed by atoms with Gasteiger partial charge in [0, 0.05) is 18.7 Å². The molecule has 0 spiro atoms. The molecule has 6 heteroatoms. The summed E-state index contributed by atoms with van der Waals surface area (Å²) in [6.45, 7) is 0. The Hall–Kier alpha value is -1.66. The molecule has 0 aliphatic heterocycles. The molecule has 1 heterocycles. The fourth-order valence-corrected chi connectivity index (χ4v) is 3.00. The van der Waals surface area contributed by atoms with Crippen molar-refractivity contribution in [3.63, 3.8) is 0 Å². The summed E-state index contributed by atoms with van der Waals surface area (Å²) in [7, 11) is 1.70. The lowest BCUT2D eigenvalue weighted by atomic mass is 9.89. The van der Waals surface area contributed by atoms with Gasteiger partial charge in [0.05, 0.1) is 16.3 Å². The summed E-state index contributed by atoms with van der Waals surface area (Å²) in [4.78, 5) is 16.3. The molecule has 5 nitrogen and oxygen atoms in total. The molecule has 0 unspecified atom stereocenters. The number of amides is 1. The number of rotatable bonds is 3. The number of benzene rings is 1. The molecule has 1 aromatic carbocycles. The van der Waals surface area contributed by atoms with Crippen LogP contribution in [0.3, 0.4) is 0 Å². The van der Waals surface area contributed by atoms with E-state index in [1.807, 2.05) is 12.1 Å². The van der Waals surface area contributed by atoms with Crippen molar-refractivity contribution in [2.75, 3.05) is 12.8 Å². The molecule has 0 radical (unpaired) electrons. The largest absolute Gasteiger partial charge is 0.381 e. The fourth-order valence-electron chi connectivity index (χ4n) is 2.23. The molecule has 0 saturated heterocycles. The molecule has 100 valence electrons. The third kappa shape index (κ3) is 2.41. The summed E-state index contributed by atoms with van der Waals surface area (Å²) in [5.41, 5.74) is 7.14. The van der Waals surface area contributed by atoms with Crippen molar-refractivity contribution in [3.8, 4) is 0 Å². The van der Waals surface area contributed by atoms with Crippen molar-refractivity contribution in [1.82, 2.24) is 10.3 Å². The second-order valence-electron chi connectivity index (χ2n) is 4.73. The number of anilines is 1. The Morgan fingerprint density at radius 2 is 2.32 bits per heavy atom. The molecule has 3 rings (SSSR count). The molecular formula is C13H15N3O2S. The van der Waals surface area contributed by atoms with Crippen LogP contribution in [0.5, 0.6) is 0 Å². The minimum Gasteiger partial charge on any atom is -0.381 e. The van der Waals surface area contributed by atoms with Crippen LogP contribution in [0, 0.1) is 0 Å². The van der Waals surface area contributed by atoms with Crippen molar-refractivity contribution in [3.05, 3.63) is 23.8 Å². The van der Waals surface area contributed by atoms with Gasteiger partial charge in [0.2, 0.25) is 0 Å². The Morgan fingerprint density at radius 3 is 3.05 bits per heavy atom. The Labute approximate surface area is 114 Å². The second-order valence-corrected chi connectivity index (χ2v) is 5.80. The molecule has 1 fully saturated rings. The highest BCUT2D eigenvalue weighted by molar-refractivity contribution is 7.22. The summed E-state index contributed by atoms with van der Waals surface area (Å²) in [6, 6.07) is 5.67. The number of thiazole rings is 1. The van der Waals surface area contributed by atoms with Crippen LogP contribution in [-0.2, 0) is 4.74 Å². The Bertz CT molecular complexity index is 619. The van der Waals surface area contributed by atoms with E-state index < -0.39 is 0 Å². The number of carbonyl (C=O) groups is 1. The molecular weight excluding hydrogens is 262 g/mol.